The maximum absolute atomic E-state index is 13.7. The molecule has 226 valence electrons. The van der Waals surface area contributed by atoms with Crippen LogP contribution in [0.25, 0.3) is 0 Å². The number of allylic oxidation sites excluding steroid dienone is 3. The minimum Gasteiger partial charge on any atom is -0.378 e. The van der Waals surface area contributed by atoms with Crippen LogP contribution < -0.4 is 10.6 Å². The van der Waals surface area contributed by atoms with Crippen LogP contribution in [0.4, 0.5) is 13.2 Å². The first-order chi connectivity index (χ1) is 18.9. The number of hydrogen-bond acceptors (Lipinski definition) is 5. The van der Waals surface area contributed by atoms with Gasteiger partial charge in [0.2, 0.25) is 5.91 Å². The molecule has 0 bridgehead atoms. The van der Waals surface area contributed by atoms with Crippen LogP contribution in [-0.2, 0) is 4.79 Å². The average Bonchev–Trinajstić information content (AvgIpc) is 2.91. The molecule has 0 saturated carbocycles. The predicted octanol–water partition coefficient (Wildman–Crippen LogP) is 6.01. The molecular formula is C31H49F3N4O2. The quantitative estimate of drug-likeness (QED) is 0.0710. The van der Waals surface area contributed by atoms with Gasteiger partial charge in [-0.25, -0.2) is 13.2 Å². The molecule has 6 nitrogen and oxygen atoms in total. The molecule has 2 atom stereocenters. The third kappa shape index (κ3) is 17.0. The normalized spacial score (nSPS) is 13.8. The molecule has 0 aliphatic carbocycles. The highest BCUT2D eigenvalue weighted by Gasteiger charge is 2.24. The number of aliphatic imine (C=N–C) groups is 1. The van der Waals surface area contributed by atoms with Gasteiger partial charge in [-0.05, 0) is 62.9 Å². The third-order valence-electron chi connectivity index (χ3n) is 6.11. The van der Waals surface area contributed by atoms with Crippen LogP contribution in [0.1, 0.15) is 65.0 Å². The predicted molar refractivity (Wildman–Crippen MR) is 160 cm³/mol. The van der Waals surface area contributed by atoms with Crippen LogP contribution in [0, 0.1) is 18.7 Å². The fourth-order valence-electron chi connectivity index (χ4n) is 3.33. The van der Waals surface area contributed by atoms with Crippen molar-refractivity contribution in [2.45, 2.75) is 73.0 Å². The zero-order valence-corrected chi connectivity index (χ0v) is 25.0. The molecular weight excluding hydrogens is 517 g/mol. The molecule has 1 rings (SSSR count). The molecule has 2 unspecified atom stereocenters. The SMILES string of the molecule is C=CC(=O)NC/C=C\C(=C/CC)C(C)(F)F.CCC(C)C(O)NCCCN(CC)C/N=C/c1ccc(C)cc1F. The van der Waals surface area contributed by atoms with E-state index in [0.717, 1.165) is 51.0 Å². The zero-order chi connectivity index (χ0) is 30.6. The Balaban J connectivity index is 0.000000829. The number of halogens is 3. The number of aryl methyl sites for hydroxylation is 1. The van der Waals surface area contributed by atoms with Gasteiger partial charge in [0.25, 0.3) is 5.92 Å². The molecule has 3 N–H and O–H groups in total. The lowest BCUT2D eigenvalue weighted by molar-refractivity contribution is -0.116. The molecule has 40 heavy (non-hydrogen) atoms. The Kier molecular flexibility index (Phi) is 19.6. The lowest BCUT2D eigenvalue weighted by Crippen LogP contribution is -2.36. The number of nitrogens with one attached hydrogen (secondary N) is 2. The maximum Gasteiger partial charge on any atom is 0.270 e. The maximum atomic E-state index is 13.7. The van der Waals surface area contributed by atoms with E-state index in [1.54, 1.807) is 19.2 Å². The van der Waals surface area contributed by atoms with Crippen molar-refractivity contribution in [3.8, 4) is 0 Å². The van der Waals surface area contributed by atoms with Crippen molar-refractivity contribution in [1.29, 1.82) is 0 Å². The Bertz CT molecular complexity index is 958. The van der Waals surface area contributed by atoms with Gasteiger partial charge >= 0.3 is 0 Å². The van der Waals surface area contributed by atoms with Crippen molar-refractivity contribution in [1.82, 2.24) is 15.5 Å². The Labute approximate surface area is 239 Å². The Morgan fingerprint density at radius 2 is 1.98 bits per heavy atom. The topological polar surface area (TPSA) is 77.0 Å². The molecule has 9 heteroatoms. The second-order valence-electron chi connectivity index (χ2n) is 9.63. The molecule has 1 aromatic rings. The van der Waals surface area contributed by atoms with Crippen LogP contribution in [0.15, 0.2) is 59.6 Å². The van der Waals surface area contributed by atoms with Crippen LogP contribution in [0.2, 0.25) is 0 Å². The van der Waals surface area contributed by atoms with E-state index >= 15 is 0 Å². The summed E-state index contributed by atoms with van der Waals surface area (Å²) in [5.41, 5.74) is 1.39. The van der Waals surface area contributed by atoms with Gasteiger partial charge in [0, 0.05) is 37.4 Å². The number of carbonyl (C=O) groups is 1. The van der Waals surface area contributed by atoms with Crippen molar-refractivity contribution in [2.24, 2.45) is 10.9 Å². The standard InChI is InChI=1S/C19H32FN3O.C12H17F2NO/c1-5-16(4)19(24)22-10-7-11-23(6-2)14-21-13-17-9-8-15(3)12-18(17)20;1-4-7-10(12(3,13)14)8-6-9-15-11(16)5-2/h8-9,12-13,16,19,22,24H,5-7,10-11,14H2,1-4H3;5-8H,2,4,9H2,1,3H3,(H,15,16)/b21-13+;8-6-,10-7+. The number of rotatable bonds is 17. The average molecular weight is 567 g/mol. The van der Waals surface area contributed by atoms with Crippen LogP contribution >= 0.6 is 0 Å². The summed E-state index contributed by atoms with van der Waals surface area (Å²) in [5.74, 6) is -3.14. The zero-order valence-electron chi connectivity index (χ0n) is 25.0. The summed E-state index contributed by atoms with van der Waals surface area (Å²) in [5, 5.41) is 15.5. The highest BCUT2D eigenvalue weighted by atomic mass is 19.3. The number of nitrogens with zero attached hydrogens (tertiary/aromatic N) is 2. The fourth-order valence-corrected chi connectivity index (χ4v) is 3.33. The van der Waals surface area contributed by atoms with E-state index in [1.807, 2.05) is 19.9 Å². The van der Waals surface area contributed by atoms with E-state index in [4.69, 9.17) is 0 Å². The van der Waals surface area contributed by atoms with Gasteiger partial charge in [0.1, 0.15) is 12.0 Å². The first-order valence-corrected chi connectivity index (χ1v) is 13.9. The Morgan fingerprint density at radius 3 is 2.52 bits per heavy atom. The number of carbonyl (C=O) groups excluding carboxylic acids is 1. The molecule has 1 aromatic carbocycles. The van der Waals surface area contributed by atoms with Gasteiger partial charge in [-0.3, -0.25) is 20.0 Å². The van der Waals surface area contributed by atoms with E-state index in [2.05, 4.69) is 41.0 Å². The van der Waals surface area contributed by atoms with Crippen molar-refractivity contribution in [3.05, 3.63) is 71.6 Å². The number of alkyl halides is 2. The minimum atomic E-state index is -2.85. The Hall–Kier alpha value is -2.75. The summed E-state index contributed by atoms with van der Waals surface area (Å²) in [4.78, 5) is 17.3. The summed E-state index contributed by atoms with van der Waals surface area (Å²) >= 11 is 0. The summed E-state index contributed by atoms with van der Waals surface area (Å²) in [6.45, 7) is 17.3. The highest BCUT2D eigenvalue weighted by molar-refractivity contribution is 5.86. The van der Waals surface area contributed by atoms with Gasteiger partial charge in [-0.2, -0.15) is 0 Å². The molecule has 0 aromatic heterocycles. The molecule has 0 spiro atoms. The highest BCUT2D eigenvalue weighted by Crippen LogP contribution is 2.24. The minimum absolute atomic E-state index is 0.0390. The molecule has 0 radical (unpaired) electrons. The smallest absolute Gasteiger partial charge is 0.270 e. The van der Waals surface area contributed by atoms with E-state index in [0.29, 0.717) is 18.7 Å². The summed E-state index contributed by atoms with van der Waals surface area (Å²) in [6, 6.07) is 5.16. The van der Waals surface area contributed by atoms with Gasteiger partial charge in [-0.1, -0.05) is 64.6 Å². The summed E-state index contributed by atoms with van der Waals surface area (Å²) in [7, 11) is 0. The molecule has 1 amide bonds. The van der Waals surface area contributed by atoms with Gasteiger partial charge in [0.05, 0.1) is 6.67 Å². The summed E-state index contributed by atoms with van der Waals surface area (Å²) in [6.07, 6.45) is 9.01. The van der Waals surface area contributed by atoms with Crippen LogP contribution in [0.5, 0.6) is 0 Å². The third-order valence-corrected chi connectivity index (χ3v) is 6.11. The summed E-state index contributed by atoms with van der Waals surface area (Å²) < 4.78 is 39.7. The van der Waals surface area contributed by atoms with E-state index in [-0.39, 0.29) is 29.8 Å². The molecule has 0 fully saturated rings. The molecule has 0 aliphatic rings. The number of amides is 1. The first kappa shape index (κ1) is 37.2. The number of hydrogen-bond donors (Lipinski definition) is 3. The number of aliphatic hydroxyl groups is 1. The Morgan fingerprint density at radius 1 is 1.27 bits per heavy atom. The van der Waals surface area contributed by atoms with Crippen LogP contribution in [0.3, 0.4) is 0 Å². The second-order valence-corrected chi connectivity index (χ2v) is 9.63. The molecule has 0 aliphatic heterocycles. The molecule has 0 saturated heterocycles. The van der Waals surface area contributed by atoms with E-state index in [1.165, 1.54) is 24.3 Å². The van der Waals surface area contributed by atoms with Crippen molar-refractivity contribution < 1.29 is 23.1 Å². The number of benzene rings is 1. The first-order valence-electron chi connectivity index (χ1n) is 13.9. The lowest BCUT2D eigenvalue weighted by Gasteiger charge is -2.21. The van der Waals surface area contributed by atoms with Gasteiger partial charge in [0.15, 0.2) is 0 Å². The lowest BCUT2D eigenvalue weighted by atomic mass is 10.1. The van der Waals surface area contributed by atoms with E-state index in [9.17, 15) is 23.1 Å². The van der Waals surface area contributed by atoms with Gasteiger partial charge in [-0.15, -0.1) is 0 Å². The van der Waals surface area contributed by atoms with Crippen LogP contribution in [-0.4, -0.2) is 67.1 Å². The fraction of sp³-hybridized carbons (Fsp3) is 0.548. The van der Waals surface area contributed by atoms with Crippen molar-refractivity contribution >= 4 is 12.1 Å². The second kappa shape index (κ2) is 21.1. The largest absolute Gasteiger partial charge is 0.378 e. The van der Waals surface area contributed by atoms with Crippen molar-refractivity contribution in [3.63, 3.8) is 0 Å². The van der Waals surface area contributed by atoms with Gasteiger partial charge < -0.3 is 10.4 Å². The van der Waals surface area contributed by atoms with Crippen molar-refractivity contribution in [2.75, 3.05) is 32.8 Å². The number of aliphatic hydroxyl groups excluding tert-OH is 1. The monoisotopic (exact) mass is 566 g/mol. The van der Waals surface area contributed by atoms with E-state index < -0.39 is 12.2 Å². The molecule has 0 heterocycles.